The molecule has 0 spiro atoms. The molecule has 0 aliphatic heterocycles. The number of hydrogen-bond donors (Lipinski definition) is 0. The van der Waals surface area contributed by atoms with Gasteiger partial charge in [-0.2, -0.15) is 0 Å². The summed E-state index contributed by atoms with van der Waals surface area (Å²) in [6, 6.07) is 4.56. The lowest BCUT2D eigenvalue weighted by Gasteiger charge is -2.27. The average molecular weight is 195 g/mol. The zero-order valence-corrected chi connectivity index (χ0v) is 9.66. The summed E-state index contributed by atoms with van der Waals surface area (Å²) in [7, 11) is 0. The zero-order valence-electron chi connectivity index (χ0n) is 9.66. The zero-order chi connectivity index (χ0) is 10.6. The molecule has 1 rings (SSSR count). The summed E-state index contributed by atoms with van der Waals surface area (Å²) < 4.78 is 5.35. The Labute approximate surface area is 86.9 Å². The van der Waals surface area contributed by atoms with E-state index in [9.17, 15) is 0 Å². The standard InChI is InChI=1S/C12H21NO/c1-10(2)8-13(11(3)4)9-12-6-5-7-14-12/h5-7,10-11H,8-9H2,1-4H3. The van der Waals surface area contributed by atoms with Crippen molar-refractivity contribution in [3.63, 3.8) is 0 Å². The molecule has 80 valence electrons. The van der Waals surface area contributed by atoms with Crippen LogP contribution in [0.4, 0.5) is 0 Å². The largest absolute Gasteiger partial charge is 0.468 e. The van der Waals surface area contributed by atoms with Crippen molar-refractivity contribution >= 4 is 0 Å². The lowest BCUT2D eigenvalue weighted by molar-refractivity contribution is 0.175. The van der Waals surface area contributed by atoms with Gasteiger partial charge in [0.2, 0.25) is 0 Å². The number of nitrogens with zero attached hydrogens (tertiary/aromatic N) is 1. The van der Waals surface area contributed by atoms with Crippen LogP contribution >= 0.6 is 0 Å². The molecule has 1 aromatic rings. The van der Waals surface area contributed by atoms with Crippen molar-refractivity contribution in [3.05, 3.63) is 24.2 Å². The van der Waals surface area contributed by atoms with Crippen LogP contribution in [-0.4, -0.2) is 17.5 Å². The second kappa shape index (κ2) is 5.20. The van der Waals surface area contributed by atoms with Crippen LogP contribution in [0.3, 0.4) is 0 Å². The first kappa shape index (κ1) is 11.3. The van der Waals surface area contributed by atoms with E-state index in [0.29, 0.717) is 12.0 Å². The molecule has 1 aromatic heterocycles. The maximum atomic E-state index is 5.35. The third-order valence-corrected chi connectivity index (χ3v) is 2.27. The molecule has 0 saturated heterocycles. The van der Waals surface area contributed by atoms with Gasteiger partial charge < -0.3 is 4.42 Å². The topological polar surface area (TPSA) is 16.4 Å². The molecule has 0 saturated carbocycles. The summed E-state index contributed by atoms with van der Waals surface area (Å²) in [6.07, 6.45) is 1.74. The molecule has 14 heavy (non-hydrogen) atoms. The van der Waals surface area contributed by atoms with E-state index in [0.717, 1.165) is 18.8 Å². The SMILES string of the molecule is CC(C)CN(Cc1ccco1)C(C)C. The van der Waals surface area contributed by atoms with E-state index >= 15 is 0 Å². The third kappa shape index (κ3) is 3.54. The van der Waals surface area contributed by atoms with Gasteiger partial charge in [0.05, 0.1) is 12.8 Å². The highest BCUT2D eigenvalue weighted by Gasteiger charge is 2.12. The molecule has 0 N–H and O–H groups in total. The first-order valence-electron chi connectivity index (χ1n) is 5.36. The van der Waals surface area contributed by atoms with Crippen LogP contribution in [0, 0.1) is 5.92 Å². The van der Waals surface area contributed by atoms with Crippen molar-refractivity contribution in [1.29, 1.82) is 0 Å². The fraction of sp³-hybridized carbons (Fsp3) is 0.667. The summed E-state index contributed by atoms with van der Waals surface area (Å²) in [5.74, 6) is 1.76. The van der Waals surface area contributed by atoms with Crippen molar-refractivity contribution < 1.29 is 4.42 Å². The lowest BCUT2D eigenvalue weighted by atomic mass is 10.1. The quantitative estimate of drug-likeness (QED) is 0.717. The molecule has 1 heterocycles. The molecule has 0 aliphatic rings. The molecule has 0 atom stereocenters. The van der Waals surface area contributed by atoms with Crippen LogP contribution in [0.25, 0.3) is 0 Å². The van der Waals surface area contributed by atoms with Crippen LogP contribution in [0.5, 0.6) is 0 Å². The lowest BCUT2D eigenvalue weighted by Crippen LogP contribution is -2.33. The van der Waals surface area contributed by atoms with Crippen LogP contribution in [0.15, 0.2) is 22.8 Å². The molecule has 0 amide bonds. The smallest absolute Gasteiger partial charge is 0.117 e. The average Bonchev–Trinajstić information content (AvgIpc) is 2.54. The normalized spacial score (nSPS) is 11.9. The number of furan rings is 1. The first-order chi connectivity index (χ1) is 6.59. The Hall–Kier alpha value is -0.760. The highest BCUT2D eigenvalue weighted by Crippen LogP contribution is 2.10. The van der Waals surface area contributed by atoms with Crippen molar-refractivity contribution in [3.8, 4) is 0 Å². The van der Waals surface area contributed by atoms with Gasteiger partial charge in [0, 0.05) is 12.6 Å². The number of hydrogen-bond acceptors (Lipinski definition) is 2. The molecule has 0 radical (unpaired) electrons. The predicted molar refractivity (Wildman–Crippen MR) is 59.1 cm³/mol. The Morgan fingerprint density at radius 3 is 2.43 bits per heavy atom. The van der Waals surface area contributed by atoms with Gasteiger partial charge in [-0.1, -0.05) is 13.8 Å². The highest BCUT2D eigenvalue weighted by molar-refractivity contribution is 4.98. The van der Waals surface area contributed by atoms with Gasteiger partial charge in [0.15, 0.2) is 0 Å². The second-order valence-electron chi connectivity index (χ2n) is 4.50. The molecule has 0 fully saturated rings. The van der Waals surface area contributed by atoms with Gasteiger partial charge in [-0.15, -0.1) is 0 Å². The van der Waals surface area contributed by atoms with Gasteiger partial charge in [-0.3, -0.25) is 4.90 Å². The molecule has 0 aliphatic carbocycles. The van der Waals surface area contributed by atoms with E-state index in [1.165, 1.54) is 0 Å². The van der Waals surface area contributed by atoms with Gasteiger partial charge in [-0.25, -0.2) is 0 Å². The minimum Gasteiger partial charge on any atom is -0.468 e. The molecular weight excluding hydrogens is 174 g/mol. The van der Waals surface area contributed by atoms with Crippen LogP contribution < -0.4 is 0 Å². The van der Waals surface area contributed by atoms with E-state index in [4.69, 9.17) is 4.42 Å². The van der Waals surface area contributed by atoms with Crippen molar-refractivity contribution in [1.82, 2.24) is 4.90 Å². The summed E-state index contributed by atoms with van der Waals surface area (Å²) in [5, 5.41) is 0. The van der Waals surface area contributed by atoms with Crippen LogP contribution in [0.1, 0.15) is 33.5 Å². The van der Waals surface area contributed by atoms with Crippen LogP contribution in [-0.2, 0) is 6.54 Å². The minimum atomic E-state index is 0.572. The maximum absolute atomic E-state index is 5.35. The van der Waals surface area contributed by atoms with Gasteiger partial charge in [0.25, 0.3) is 0 Å². The Balaban J connectivity index is 2.51. The third-order valence-electron chi connectivity index (χ3n) is 2.27. The molecular formula is C12H21NO. The molecule has 2 heteroatoms. The fourth-order valence-corrected chi connectivity index (χ4v) is 1.53. The molecule has 0 aromatic carbocycles. The second-order valence-corrected chi connectivity index (χ2v) is 4.50. The Kier molecular flexibility index (Phi) is 4.21. The predicted octanol–water partition coefficient (Wildman–Crippen LogP) is 3.15. The molecule has 0 bridgehead atoms. The fourth-order valence-electron chi connectivity index (χ4n) is 1.53. The van der Waals surface area contributed by atoms with Gasteiger partial charge >= 0.3 is 0 Å². The van der Waals surface area contributed by atoms with Gasteiger partial charge in [0.1, 0.15) is 5.76 Å². The maximum Gasteiger partial charge on any atom is 0.117 e. The first-order valence-corrected chi connectivity index (χ1v) is 5.36. The summed E-state index contributed by atoms with van der Waals surface area (Å²) in [6.45, 7) is 11.0. The Morgan fingerprint density at radius 1 is 1.29 bits per heavy atom. The minimum absolute atomic E-state index is 0.572. The Morgan fingerprint density at radius 2 is 2.00 bits per heavy atom. The monoisotopic (exact) mass is 195 g/mol. The van der Waals surface area contributed by atoms with E-state index in [-0.39, 0.29) is 0 Å². The van der Waals surface area contributed by atoms with E-state index in [2.05, 4.69) is 32.6 Å². The summed E-state index contributed by atoms with van der Waals surface area (Å²) in [5.41, 5.74) is 0. The Bertz CT molecular complexity index is 239. The van der Waals surface area contributed by atoms with Gasteiger partial charge in [-0.05, 0) is 31.9 Å². The van der Waals surface area contributed by atoms with Crippen molar-refractivity contribution in [2.75, 3.05) is 6.54 Å². The van der Waals surface area contributed by atoms with Crippen molar-refractivity contribution in [2.45, 2.75) is 40.3 Å². The van der Waals surface area contributed by atoms with E-state index < -0.39 is 0 Å². The van der Waals surface area contributed by atoms with Crippen molar-refractivity contribution in [2.24, 2.45) is 5.92 Å². The van der Waals surface area contributed by atoms with E-state index in [1.54, 1.807) is 6.26 Å². The highest BCUT2D eigenvalue weighted by atomic mass is 16.3. The molecule has 2 nitrogen and oxygen atoms in total. The van der Waals surface area contributed by atoms with E-state index in [1.807, 2.05) is 12.1 Å². The molecule has 0 unspecified atom stereocenters. The number of rotatable bonds is 5. The summed E-state index contributed by atoms with van der Waals surface area (Å²) >= 11 is 0. The van der Waals surface area contributed by atoms with Crippen LogP contribution in [0.2, 0.25) is 0 Å². The summed E-state index contributed by atoms with van der Waals surface area (Å²) in [4.78, 5) is 2.43.